The predicted molar refractivity (Wildman–Crippen MR) is 95.0 cm³/mol. The van der Waals surface area contributed by atoms with Gasteiger partial charge in [-0.1, -0.05) is 41.8 Å². The highest BCUT2D eigenvalue weighted by Gasteiger charge is 2.20. The van der Waals surface area contributed by atoms with E-state index in [4.69, 9.17) is 4.74 Å². The van der Waals surface area contributed by atoms with Gasteiger partial charge >= 0.3 is 0 Å². The topological polar surface area (TPSA) is 21.3 Å². The Morgan fingerprint density at radius 2 is 2.24 bits per heavy atom. The molecule has 1 fully saturated rings. The Kier molecular flexibility index (Phi) is 7.58. The first-order valence-corrected chi connectivity index (χ1v) is 9.51. The molecule has 0 bridgehead atoms. The van der Waals surface area contributed by atoms with E-state index in [1.165, 1.54) is 40.6 Å². The smallest absolute Gasteiger partial charge is 0.0587 e. The van der Waals surface area contributed by atoms with Gasteiger partial charge in [0, 0.05) is 34.8 Å². The number of rotatable bonds is 7. The van der Waals surface area contributed by atoms with E-state index in [1.54, 1.807) is 7.11 Å². The molecule has 1 saturated carbocycles. The summed E-state index contributed by atoms with van der Waals surface area (Å²) < 4.78 is 6.26. The number of benzene rings is 1. The molecular formula is C17H26BrNOS. The van der Waals surface area contributed by atoms with Gasteiger partial charge in [0.05, 0.1) is 6.61 Å². The van der Waals surface area contributed by atoms with E-state index in [0.29, 0.717) is 0 Å². The molecule has 0 heterocycles. The predicted octanol–water partition coefficient (Wildman–Crippen LogP) is 4.86. The highest BCUT2D eigenvalue weighted by atomic mass is 79.9. The number of thioether (sulfide) groups is 1. The van der Waals surface area contributed by atoms with Gasteiger partial charge in [0.1, 0.15) is 0 Å². The molecular weight excluding hydrogens is 346 g/mol. The van der Waals surface area contributed by atoms with Gasteiger partial charge in [-0.25, -0.2) is 0 Å². The van der Waals surface area contributed by atoms with Crippen LogP contribution in [0.4, 0.5) is 0 Å². The van der Waals surface area contributed by atoms with Crippen LogP contribution in [0.1, 0.15) is 38.2 Å². The van der Waals surface area contributed by atoms with Gasteiger partial charge in [-0.15, -0.1) is 11.8 Å². The fraction of sp³-hybridized carbons (Fsp3) is 0.647. The molecule has 2 rings (SSSR count). The van der Waals surface area contributed by atoms with Crippen molar-refractivity contribution >= 4 is 27.7 Å². The molecule has 0 aromatic heterocycles. The summed E-state index contributed by atoms with van der Waals surface area (Å²) in [7, 11) is 1.74. The van der Waals surface area contributed by atoms with Crippen molar-refractivity contribution in [3.63, 3.8) is 0 Å². The van der Waals surface area contributed by atoms with Crippen molar-refractivity contribution in [3.8, 4) is 0 Å². The van der Waals surface area contributed by atoms with Crippen LogP contribution < -0.4 is 5.32 Å². The van der Waals surface area contributed by atoms with Crippen LogP contribution in [0, 0.1) is 5.92 Å². The summed E-state index contributed by atoms with van der Waals surface area (Å²) in [5.74, 6) is 0.881. The summed E-state index contributed by atoms with van der Waals surface area (Å²) in [5, 5.41) is 4.23. The molecule has 21 heavy (non-hydrogen) atoms. The van der Waals surface area contributed by atoms with Gasteiger partial charge in [-0.3, -0.25) is 0 Å². The second-order valence-electron chi connectivity index (χ2n) is 5.93. The molecule has 2 nitrogen and oxygen atoms in total. The number of nitrogens with one attached hydrogen (secondary N) is 1. The number of hydrogen-bond acceptors (Lipinski definition) is 3. The standard InChI is InChI=1S/C17H26BrNOS/c1-13-4-3-5-16(10-13)21-17-11-15(18)7-6-14(17)12-19-8-9-20-2/h6-7,11,13,16,19H,3-5,8-10,12H2,1-2H3. The van der Waals surface area contributed by atoms with Crippen LogP contribution in [0.25, 0.3) is 0 Å². The molecule has 0 aliphatic heterocycles. The summed E-state index contributed by atoms with van der Waals surface area (Å²) in [4.78, 5) is 1.42. The number of methoxy groups -OCH3 is 1. The van der Waals surface area contributed by atoms with Crippen LogP contribution >= 0.6 is 27.7 Å². The Labute approximate surface area is 141 Å². The summed E-state index contributed by atoms with van der Waals surface area (Å²) in [6, 6.07) is 6.65. The van der Waals surface area contributed by atoms with Crippen molar-refractivity contribution in [3.05, 3.63) is 28.2 Å². The van der Waals surface area contributed by atoms with Crippen molar-refractivity contribution < 1.29 is 4.74 Å². The summed E-state index contributed by atoms with van der Waals surface area (Å²) in [6.07, 6.45) is 5.50. The summed E-state index contributed by atoms with van der Waals surface area (Å²) in [5.41, 5.74) is 1.40. The van der Waals surface area contributed by atoms with E-state index >= 15 is 0 Å². The first kappa shape index (κ1) is 17.3. The zero-order chi connectivity index (χ0) is 15.1. The number of ether oxygens (including phenoxy) is 1. The Bertz CT molecular complexity index is 441. The van der Waals surface area contributed by atoms with Crippen LogP contribution in [-0.4, -0.2) is 25.5 Å². The lowest BCUT2D eigenvalue weighted by molar-refractivity contribution is 0.199. The SMILES string of the molecule is COCCNCc1ccc(Br)cc1SC1CCCC(C)C1. The van der Waals surface area contributed by atoms with Crippen molar-refractivity contribution in [2.24, 2.45) is 5.92 Å². The third-order valence-electron chi connectivity index (χ3n) is 4.01. The third kappa shape index (κ3) is 5.93. The molecule has 4 heteroatoms. The van der Waals surface area contributed by atoms with E-state index < -0.39 is 0 Å². The molecule has 2 unspecified atom stereocenters. The maximum absolute atomic E-state index is 5.09. The minimum Gasteiger partial charge on any atom is -0.383 e. The zero-order valence-electron chi connectivity index (χ0n) is 13.0. The minimum atomic E-state index is 0.763. The van der Waals surface area contributed by atoms with Crippen molar-refractivity contribution in [2.75, 3.05) is 20.3 Å². The Hall–Kier alpha value is -0.0300. The molecule has 0 spiro atoms. The van der Waals surface area contributed by atoms with Crippen LogP contribution in [0.3, 0.4) is 0 Å². The van der Waals surface area contributed by atoms with Crippen LogP contribution in [-0.2, 0) is 11.3 Å². The van der Waals surface area contributed by atoms with Gasteiger partial charge in [0.15, 0.2) is 0 Å². The van der Waals surface area contributed by atoms with E-state index in [9.17, 15) is 0 Å². The highest BCUT2D eigenvalue weighted by Crippen LogP contribution is 2.38. The summed E-state index contributed by atoms with van der Waals surface area (Å²) >= 11 is 5.68. The molecule has 1 N–H and O–H groups in total. The van der Waals surface area contributed by atoms with Crippen molar-refractivity contribution in [2.45, 2.75) is 49.3 Å². The molecule has 1 aliphatic rings. The van der Waals surface area contributed by atoms with Crippen molar-refractivity contribution in [1.82, 2.24) is 5.32 Å². The van der Waals surface area contributed by atoms with Gasteiger partial charge < -0.3 is 10.1 Å². The van der Waals surface area contributed by atoms with E-state index in [1.807, 2.05) is 0 Å². The second-order valence-corrected chi connectivity index (χ2v) is 8.19. The highest BCUT2D eigenvalue weighted by molar-refractivity contribution is 9.10. The quantitative estimate of drug-likeness (QED) is 0.691. The second kappa shape index (κ2) is 9.19. The molecule has 1 aromatic carbocycles. The fourth-order valence-electron chi connectivity index (χ4n) is 2.85. The van der Waals surface area contributed by atoms with E-state index in [-0.39, 0.29) is 0 Å². The average molecular weight is 372 g/mol. The number of hydrogen-bond donors (Lipinski definition) is 1. The monoisotopic (exact) mass is 371 g/mol. The van der Waals surface area contributed by atoms with Crippen LogP contribution in [0.5, 0.6) is 0 Å². The first-order valence-electron chi connectivity index (χ1n) is 7.83. The number of halogens is 1. The maximum atomic E-state index is 5.09. The first-order chi connectivity index (χ1) is 10.2. The minimum absolute atomic E-state index is 0.763. The summed E-state index contributed by atoms with van der Waals surface area (Å²) in [6.45, 7) is 4.97. The molecule has 0 radical (unpaired) electrons. The van der Waals surface area contributed by atoms with Crippen LogP contribution in [0.2, 0.25) is 0 Å². The Balaban J connectivity index is 1.97. The molecule has 0 amide bonds. The largest absolute Gasteiger partial charge is 0.383 e. The molecule has 1 aliphatic carbocycles. The van der Waals surface area contributed by atoms with E-state index in [0.717, 1.165) is 30.9 Å². The van der Waals surface area contributed by atoms with Gasteiger partial charge in [0.2, 0.25) is 0 Å². The van der Waals surface area contributed by atoms with Gasteiger partial charge in [-0.2, -0.15) is 0 Å². The average Bonchev–Trinajstić information content (AvgIpc) is 2.45. The fourth-order valence-corrected chi connectivity index (χ4v) is 4.91. The molecule has 2 atom stereocenters. The van der Waals surface area contributed by atoms with Crippen LogP contribution in [0.15, 0.2) is 27.6 Å². The third-order valence-corrected chi connectivity index (χ3v) is 5.90. The maximum Gasteiger partial charge on any atom is 0.0587 e. The Morgan fingerprint density at radius 3 is 3.00 bits per heavy atom. The molecule has 118 valence electrons. The Morgan fingerprint density at radius 1 is 1.38 bits per heavy atom. The van der Waals surface area contributed by atoms with Crippen molar-refractivity contribution in [1.29, 1.82) is 0 Å². The zero-order valence-corrected chi connectivity index (χ0v) is 15.4. The van der Waals surface area contributed by atoms with Gasteiger partial charge in [-0.05, 0) is 36.5 Å². The van der Waals surface area contributed by atoms with E-state index in [2.05, 4.69) is 58.1 Å². The van der Waals surface area contributed by atoms with Gasteiger partial charge in [0.25, 0.3) is 0 Å². The molecule has 0 saturated heterocycles. The lowest BCUT2D eigenvalue weighted by atomic mass is 9.91. The lowest BCUT2D eigenvalue weighted by Crippen LogP contribution is -2.19. The lowest BCUT2D eigenvalue weighted by Gasteiger charge is -2.27. The molecule has 1 aromatic rings. The normalized spacial score (nSPS) is 22.4.